The minimum absolute atomic E-state index is 0.0788. The van der Waals surface area contributed by atoms with E-state index in [1.807, 2.05) is 31.2 Å². The first-order valence-electron chi connectivity index (χ1n) is 11.1. The highest BCUT2D eigenvalue weighted by Gasteiger charge is 2.42. The highest BCUT2D eigenvalue weighted by molar-refractivity contribution is 8.15. The van der Waals surface area contributed by atoms with Crippen LogP contribution in [-0.2, 0) is 9.59 Å². The Hall–Kier alpha value is -3.13. The Balaban J connectivity index is 1.59. The van der Waals surface area contributed by atoms with Crippen molar-refractivity contribution in [1.29, 1.82) is 0 Å². The first-order valence-corrected chi connectivity index (χ1v) is 12.0. The minimum atomic E-state index is -0.426. The lowest BCUT2D eigenvalue weighted by Crippen LogP contribution is -2.42. The van der Waals surface area contributed by atoms with Crippen LogP contribution in [0.3, 0.4) is 0 Å². The summed E-state index contributed by atoms with van der Waals surface area (Å²) in [6.45, 7) is 6.11. The summed E-state index contributed by atoms with van der Waals surface area (Å²) in [4.78, 5) is 37.5. The molecular weight excluding hydrogens is 436 g/mol. The summed E-state index contributed by atoms with van der Waals surface area (Å²) >= 11 is 1.30. The van der Waals surface area contributed by atoms with Crippen LogP contribution >= 0.6 is 11.8 Å². The highest BCUT2D eigenvalue weighted by Crippen LogP contribution is 2.36. The first-order chi connectivity index (χ1) is 15.9. The third-order valence-corrected chi connectivity index (χ3v) is 6.83. The molecule has 4 rings (SSSR count). The van der Waals surface area contributed by atoms with Gasteiger partial charge in [-0.1, -0.05) is 44.7 Å². The van der Waals surface area contributed by atoms with E-state index in [0.29, 0.717) is 35.5 Å². The summed E-state index contributed by atoms with van der Waals surface area (Å²) in [5.41, 5.74) is 2.29. The van der Waals surface area contributed by atoms with Gasteiger partial charge in [-0.15, -0.1) is 0 Å². The number of rotatable bonds is 7. The minimum Gasteiger partial charge on any atom is -0.497 e. The van der Waals surface area contributed by atoms with Gasteiger partial charge in [-0.25, -0.2) is 9.89 Å². The molecule has 2 aliphatic rings. The van der Waals surface area contributed by atoms with E-state index in [4.69, 9.17) is 14.7 Å². The number of aliphatic imine (C=N–C) groups is 2. The number of thioether (sulfide) groups is 1. The van der Waals surface area contributed by atoms with Crippen molar-refractivity contribution < 1.29 is 14.3 Å². The van der Waals surface area contributed by atoms with Crippen molar-refractivity contribution in [2.45, 2.75) is 44.9 Å². The lowest BCUT2D eigenvalue weighted by Gasteiger charge is -2.27. The summed E-state index contributed by atoms with van der Waals surface area (Å²) in [5, 5.41) is 3.03. The third kappa shape index (κ3) is 4.80. The molecule has 2 aliphatic heterocycles. The topological polar surface area (TPSA) is 83.4 Å². The maximum Gasteiger partial charge on any atom is 0.259 e. The van der Waals surface area contributed by atoms with E-state index in [1.165, 1.54) is 11.8 Å². The number of anilines is 1. The number of hydrogen-bond acceptors (Lipinski definition) is 6. The van der Waals surface area contributed by atoms with E-state index < -0.39 is 11.3 Å². The van der Waals surface area contributed by atoms with Gasteiger partial charge in [-0.05, 0) is 55.2 Å². The van der Waals surface area contributed by atoms with Crippen LogP contribution in [0, 0.1) is 5.92 Å². The monoisotopic (exact) mass is 464 g/mol. The van der Waals surface area contributed by atoms with Crippen LogP contribution in [0.25, 0.3) is 0 Å². The predicted octanol–water partition coefficient (Wildman–Crippen LogP) is 4.85. The maximum atomic E-state index is 13.3. The van der Waals surface area contributed by atoms with Gasteiger partial charge in [0.25, 0.3) is 5.91 Å². The Kier molecular flexibility index (Phi) is 6.83. The number of nitrogens with one attached hydrogen (secondary N) is 1. The van der Waals surface area contributed by atoms with E-state index in [-0.39, 0.29) is 11.8 Å². The standard InChI is InChI=1S/C25H28N4O3S/c1-5-21(23(30)26-16-10-12-17(32-4)13-11-16)33-25-28-19-9-7-6-8-18(19)22-27-20(14-15(2)3)24(31)29(22)25/h6-13,15,20-21H,5,14H2,1-4H3,(H,26,30)/t20-,21+/m0/s1. The average molecular weight is 465 g/mol. The van der Waals surface area contributed by atoms with Crippen LogP contribution in [0.2, 0.25) is 0 Å². The summed E-state index contributed by atoms with van der Waals surface area (Å²) in [7, 11) is 1.60. The summed E-state index contributed by atoms with van der Waals surface area (Å²) in [5.74, 6) is 1.47. The maximum absolute atomic E-state index is 13.3. The van der Waals surface area contributed by atoms with Gasteiger partial charge in [0.2, 0.25) is 5.91 Å². The molecule has 33 heavy (non-hydrogen) atoms. The first kappa shape index (κ1) is 23.0. The van der Waals surface area contributed by atoms with Crippen LogP contribution in [0.15, 0.2) is 58.5 Å². The van der Waals surface area contributed by atoms with Gasteiger partial charge in [-0.3, -0.25) is 14.6 Å². The number of fused-ring (bicyclic) bond motifs is 3. The van der Waals surface area contributed by atoms with E-state index in [2.05, 4.69) is 19.2 Å². The van der Waals surface area contributed by atoms with Gasteiger partial charge < -0.3 is 10.1 Å². The number of amidine groups is 2. The number of amides is 2. The number of carbonyl (C=O) groups excluding carboxylic acids is 2. The van der Waals surface area contributed by atoms with Crippen LogP contribution < -0.4 is 10.1 Å². The number of para-hydroxylation sites is 1. The van der Waals surface area contributed by atoms with Gasteiger partial charge in [0.1, 0.15) is 17.6 Å². The fourth-order valence-electron chi connectivity index (χ4n) is 3.83. The normalized spacial score (nSPS) is 17.8. The predicted molar refractivity (Wildman–Crippen MR) is 133 cm³/mol. The zero-order valence-corrected chi connectivity index (χ0v) is 20.1. The molecule has 7 nitrogen and oxygen atoms in total. The Morgan fingerprint density at radius 2 is 1.91 bits per heavy atom. The van der Waals surface area contributed by atoms with E-state index in [9.17, 15) is 9.59 Å². The second kappa shape index (κ2) is 9.79. The molecule has 2 atom stereocenters. The molecule has 0 bridgehead atoms. The molecule has 2 heterocycles. The SMILES string of the molecule is CC[C@@H](SC1=Nc2ccccc2C2=N[C@@H](CC(C)C)C(=O)N12)C(=O)Nc1ccc(OC)cc1. The molecule has 0 fully saturated rings. The molecule has 0 spiro atoms. The molecule has 2 aromatic rings. The molecule has 0 radical (unpaired) electrons. The van der Waals surface area contributed by atoms with Crippen molar-refractivity contribution in [3.8, 4) is 5.75 Å². The molecule has 1 N–H and O–H groups in total. The van der Waals surface area contributed by atoms with Gasteiger partial charge in [0.05, 0.1) is 18.0 Å². The summed E-state index contributed by atoms with van der Waals surface area (Å²) in [6.07, 6.45) is 1.26. The zero-order valence-electron chi connectivity index (χ0n) is 19.2. The average Bonchev–Trinajstić information content (AvgIpc) is 3.13. The largest absolute Gasteiger partial charge is 0.497 e. The molecular formula is C25H28N4O3S. The quantitative estimate of drug-likeness (QED) is 0.635. The Labute approximate surface area is 198 Å². The van der Waals surface area contributed by atoms with Gasteiger partial charge in [-0.2, -0.15) is 0 Å². The molecule has 2 amide bonds. The highest BCUT2D eigenvalue weighted by atomic mass is 32.2. The van der Waals surface area contributed by atoms with Gasteiger partial charge in [0, 0.05) is 11.3 Å². The van der Waals surface area contributed by atoms with Crippen LogP contribution in [0.5, 0.6) is 5.75 Å². The number of nitrogens with zero attached hydrogens (tertiary/aromatic N) is 3. The smallest absolute Gasteiger partial charge is 0.259 e. The number of ether oxygens (including phenoxy) is 1. The molecule has 0 aromatic heterocycles. The Bertz CT molecular complexity index is 1110. The molecule has 0 saturated heterocycles. The van der Waals surface area contributed by atoms with Crippen molar-refractivity contribution in [3.05, 3.63) is 54.1 Å². The molecule has 0 unspecified atom stereocenters. The van der Waals surface area contributed by atoms with Crippen molar-refractivity contribution >= 4 is 46.0 Å². The number of methoxy groups -OCH3 is 1. The van der Waals surface area contributed by atoms with Gasteiger partial charge in [0.15, 0.2) is 5.17 Å². The number of hydrogen-bond donors (Lipinski definition) is 1. The van der Waals surface area contributed by atoms with Gasteiger partial charge >= 0.3 is 0 Å². The fourth-order valence-corrected chi connectivity index (χ4v) is 4.85. The molecule has 0 saturated carbocycles. The molecule has 0 aliphatic carbocycles. The van der Waals surface area contributed by atoms with Crippen molar-refractivity contribution in [1.82, 2.24) is 4.90 Å². The molecule has 172 valence electrons. The number of benzene rings is 2. The van der Waals surface area contributed by atoms with Crippen LogP contribution in [-0.4, -0.2) is 46.1 Å². The fraction of sp³-hybridized carbons (Fsp3) is 0.360. The number of carbonyl (C=O) groups is 2. The molecule has 8 heteroatoms. The van der Waals surface area contributed by atoms with E-state index >= 15 is 0 Å². The zero-order chi connectivity index (χ0) is 23.5. The summed E-state index contributed by atoms with van der Waals surface area (Å²) < 4.78 is 5.17. The Morgan fingerprint density at radius 1 is 1.18 bits per heavy atom. The molecule has 2 aromatic carbocycles. The van der Waals surface area contributed by atoms with Crippen molar-refractivity contribution in [2.75, 3.05) is 12.4 Å². The second-order valence-corrected chi connectivity index (χ2v) is 9.59. The third-order valence-electron chi connectivity index (χ3n) is 5.51. The van der Waals surface area contributed by atoms with Crippen molar-refractivity contribution in [2.24, 2.45) is 15.9 Å². The van der Waals surface area contributed by atoms with E-state index in [1.54, 1.807) is 36.3 Å². The second-order valence-electron chi connectivity index (χ2n) is 8.42. The van der Waals surface area contributed by atoms with Crippen molar-refractivity contribution in [3.63, 3.8) is 0 Å². The lowest BCUT2D eigenvalue weighted by atomic mass is 10.0. The van der Waals surface area contributed by atoms with Crippen LogP contribution in [0.4, 0.5) is 11.4 Å². The van der Waals surface area contributed by atoms with E-state index in [0.717, 1.165) is 17.0 Å². The van der Waals surface area contributed by atoms with Crippen LogP contribution in [0.1, 0.15) is 39.2 Å². The Morgan fingerprint density at radius 3 is 2.58 bits per heavy atom. The lowest BCUT2D eigenvalue weighted by molar-refractivity contribution is -0.125. The summed E-state index contributed by atoms with van der Waals surface area (Å²) in [6, 6.07) is 14.5.